The Morgan fingerprint density at radius 1 is 1.32 bits per heavy atom. The third-order valence-corrected chi connectivity index (χ3v) is 5.78. The fraction of sp³-hybridized carbons (Fsp3) is 0.263. The van der Waals surface area contributed by atoms with Crippen molar-refractivity contribution in [3.05, 3.63) is 57.9 Å². The molecule has 0 radical (unpaired) electrons. The van der Waals surface area contributed by atoms with E-state index in [1.807, 2.05) is 54.9 Å². The van der Waals surface area contributed by atoms with Gasteiger partial charge in [-0.3, -0.25) is 4.79 Å². The molecule has 1 amide bonds. The highest BCUT2D eigenvalue weighted by atomic mass is 32.1. The summed E-state index contributed by atoms with van der Waals surface area (Å²) in [5.74, 6) is 0.742. The van der Waals surface area contributed by atoms with Gasteiger partial charge in [0.15, 0.2) is 0 Å². The summed E-state index contributed by atoms with van der Waals surface area (Å²) in [4.78, 5) is 18.1. The second-order valence-corrected chi connectivity index (χ2v) is 7.64. The van der Waals surface area contributed by atoms with Crippen LogP contribution >= 0.6 is 22.7 Å². The average molecular weight is 373 g/mol. The zero-order valence-corrected chi connectivity index (χ0v) is 16.0. The normalized spacial score (nSPS) is 12.0. The number of carbonyl (C=O) groups is 1. The lowest BCUT2D eigenvalue weighted by Gasteiger charge is -2.17. The molecule has 0 aliphatic heterocycles. The molecule has 0 bridgehead atoms. The van der Waals surface area contributed by atoms with Crippen molar-refractivity contribution in [2.75, 3.05) is 7.11 Å². The second kappa shape index (κ2) is 7.80. The number of thiophene rings is 1. The Bertz CT molecular complexity index is 856. The van der Waals surface area contributed by atoms with E-state index in [0.29, 0.717) is 0 Å². The van der Waals surface area contributed by atoms with E-state index in [-0.39, 0.29) is 18.4 Å². The number of amides is 1. The van der Waals surface area contributed by atoms with Gasteiger partial charge in [-0.25, -0.2) is 4.98 Å². The van der Waals surface area contributed by atoms with Gasteiger partial charge in [-0.05, 0) is 31.4 Å². The summed E-state index contributed by atoms with van der Waals surface area (Å²) in [6, 6.07) is 9.89. The Hall–Kier alpha value is -2.18. The van der Waals surface area contributed by atoms with Crippen LogP contribution in [-0.2, 0) is 11.2 Å². The van der Waals surface area contributed by atoms with Gasteiger partial charge in [0.1, 0.15) is 10.8 Å². The van der Waals surface area contributed by atoms with Gasteiger partial charge >= 0.3 is 0 Å². The number of nitrogens with zero attached hydrogens (tertiary/aromatic N) is 1. The number of hydrogen-bond acceptors (Lipinski definition) is 5. The highest BCUT2D eigenvalue weighted by Gasteiger charge is 2.16. The third-order valence-electron chi connectivity index (χ3n) is 3.85. The second-order valence-electron chi connectivity index (χ2n) is 5.83. The molecular weight excluding hydrogens is 352 g/mol. The molecule has 130 valence electrons. The van der Waals surface area contributed by atoms with Gasteiger partial charge in [0.05, 0.1) is 30.1 Å². The zero-order chi connectivity index (χ0) is 17.8. The SMILES string of the molecule is COc1ccc(C)cc1C(C)NC(=O)Cc1csc(-c2cccs2)n1. The van der Waals surface area contributed by atoms with Crippen LogP contribution in [0.5, 0.6) is 5.75 Å². The molecule has 1 atom stereocenters. The number of thiazole rings is 1. The molecule has 25 heavy (non-hydrogen) atoms. The number of carbonyl (C=O) groups excluding carboxylic acids is 1. The summed E-state index contributed by atoms with van der Waals surface area (Å²) in [7, 11) is 1.64. The van der Waals surface area contributed by atoms with Crippen LogP contribution in [-0.4, -0.2) is 18.0 Å². The van der Waals surface area contributed by atoms with E-state index in [0.717, 1.165) is 32.5 Å². The van der Waals surface area contributed by atoms with Crippen molar-refractivity contribution in [1.82, 2.24) is 10.3 Å². The van der Waals surface area contributed by atoms with Crippen LogP contribution in [0.4, 0.5) is 0 Å². The molecule has 1 N–H and O–H groups in total. The van der Waals surface area contributed by atoms with Gasteiger partial charge in [0.2, 0.25) is 5.91 Å². The molecule has 1 unspecified atom stereocenters. The molecule has 0 saturated carbocycles. The number of ether oxygens (including phenoxy) is 1. The summed E-state index contributed by atoms with van der Waals surface area (Å²) in [6.07, 6.45) is 0.278. The molecule has 0 aliphatic carbocycles. The molecule has 2 aromatic heterocycles. The number of rotatable bonds is 6. The van der Waals surface area contributed by atoms with Crippen molar-refractivity contribution in [3.63, 3.8) is 0 Å². The van der Waals surface area contributed by atoms with E-state index < -0.39 is 0 Å². The lowest BCUT2D eigenvalue weighted by molar-refractivity contribution is -0.121. The van der Waals surface area contributed by atoms with Crippen LogP contribution in [0.15, 0.2) is 41.1 Å². The Kier molecular flexibility index (Phi) is 5.50. The minimum Gasteiger partial charge on any atom is -0.496 e. The topological polar surface area (TPSA) is 51.2 Å². The summed E-state index contributed by atoms with van der Waals surface area (Å²) >= 11 is 3.23. The van der Waals surface area contributed by atoms with E-state index in [1.165, 1.54) is 0 Å². The molecule has 3 rings (SSSR count). The molecule has 2 heterocycles. The van der Waals surface area contributed by atoms with Crippen LogP contribution in [0.3, 0.4) is 0 Å². The van der Waals surface area contributed by atoms with Gasteiger partial charge in [-0.1, -0.05) is 23.8 Å². The van der Waals surface area contributed by atoms with Crippen molar-refractivity contribution < 1.29 is 9.53 Å². The average Bonchev–Trinajstić information content (AvgIpc) is 3.25. The van der Waals surface area contributed by atoms with Gasteiger partial charge < -0.3 is 10.1 Å². The molecule has 4 nitrogen and oxygen atoms in total. The maximum absolute atomic E-state index is 12.4. The minimum atomic E-state index is -0.127. The smallest absolute Gasteiger partial charge is 0.226 e. The first-order valence-corrected chi connectivity index (χ1v) is 9.75. The Morgan fingerprint density at radius 2 is 2.16 bits per heavy atom. The zero-order valence-electron chi connectivity index (χ0n) is 14.4. The summed E-state index contributed by atoms with van der Waals surface area (Å²) in [5, 5.41) is 7.98. The first-order valence-electron chi connectivity index (χ1n) is 7.99. The fourth-order valence-corrected chi connectivity index (χ4v) is 4.26. The number of hydrogen-bond donors (Lipinski definition) is 1. The predicted octanol–water partition coefficient (Wildman–Crippen LogP) is 4.61. The molecule has 0 aliphatic rings. The molecule has 1 aromatic carbocycles. The lowest BCUT2D eigenvalue weighted by Crippen LogP contribution is -2.28. The van der Waals surface area contributed by atoms with Crippen molar-refractivity contribution in [2.45, 2.75) is 26.3 Å². The Balaban J connectivity index is 1.65. The molecule has 0 spiro atoms. The largest absolute Gasteiger partial charge is 0.496 e. The quantitative estimate of drug-likeness (QED) is 0.687. The van der Waals surface area contributed by atoms with Crippen molar-refractivity contribution >= 4 is 28.6 Å². The number of aromatic nitrogens is 1. The molecule has 3 aromatic rings. The maximum atomic E-state index is 12.4. The van der Waals surface area contributed by atoms with E-state index in [9.17, 15) is 4.79 Å². The van der Waals surface area contributed by atoms with Crippen molar-refractivity contribution in [2.24, 2.45) is 0 Å². The van der Waals surface area contributed by atoms with Crippen LogP contribution < -0.4 is 10.1 Å². The van der Waals surface area contributed by atoms with Gasteiger partial charge in [-0.2, -0.15) is 0 Å². The van der Waals surface area contributed by atoms with Gasteiger partial charge in [0.25, 0.3) is 0 Å². The van der Waals surface area contributed by atoms with E-state index >= 15 is 0 Å². The summed E-state index contributed by atoms with van der Waals surface area (Å²) in [6.45, 7) is 3.99. The van der Waals surface area contributed by atoms with Crippen LogP contribution in [0.25, 0.3) is 9.88 Å². The van der Waals surface area contributed by atoms with Crippen LogP contribution in [0.2, 0.25) is 0 Å². The summed E-state index contributed by atoms with van der Waals surface area (Å²) in [5.41, 5.74) is 2.92. The predicted molar refractivity (Wildman–Crippen MR) is 103 cm³/mol. The van der Waals surface area contributed by atoms with Gasteiger partial charge in [0, 0.05) is 10.9 Å². The third kappa shape index (κ3) is 4.27. The molecular formula is C19H20N2O2S2. The van der Waals surface area contributed by atoms with Crippen LogP contribution in [0.1, 0.15) is 29.8 Å². The fourth-order valence-electron chi connectivity index (χ4n) is 2.63. The van der Waals surface area contributed by atoms with Crippen LogP contribution in [0, 0.1) is 6.92 Å². The standard InChI is InChI=1S/C19H20N2O2S2/c1-12-6-7-16(23-3)15(9-12)13(2)20-18(22)10-14-11-25-19(21-14)17-5-4-8-24-17/h4-9,11,13H,10H2,1-3H3,(H,20,22). The maximum Gasteiger partial charge on any atom is 0.226 e. The molecule has 0 fully saturated rings. The Morgan fingerprint density at radius 3 is 2.88 bits per heavy atom. The first-order chi connectivity index (χ1) is 12.1. The summed E-state index contributed by atoms with van der Waals surface area (Å²) < 4.78 is 5.41. The molecule has 6 heteroatoms. The number of benzene rings is 1. The number of aryl methyl sites for hydroxylation is 1. The minimum absolute atomic E-state index is 0.0425. The lowest BCUT2D eigenvalue weighted by atomic mass is 10.0. The Labute approximate surface area is 155 Å². The van der Waals surface area contributed by atoms with Crippen molar-refractivity contribution in [1.29, 1.82) is 0 Å². The first kappa shape index (κ1) is 17.6. The van der Waals surface area contributed by atoms with E-state index in [2.05, 4.69) is 10.3 Å². The highest BCUT2D eigenvalue weighted by Crippen LogP contribution is 2.28. The highest BCUT2D eigenvalue weighted by molar-refractivity contribution is 7.20. The number of methoxy groups -OCH3 is 1. The van der Waals surface area contributed by atoms with E-state index in [4.69, 9.17) is 4.74 Å². The van der Waals surface area contributed by atoms with E-state index in [1.54, 1.807) is 29.8 Å². The molecule has 0 saturated heterocycles. The monoisotopic (exact) mass is 372 g/mol. The van der Waals surface area contributed by atoms with Gasteiger partial charge in [-0.15, -0.1) is 22.7 Å². The number of nitrogens with one attached hydrogen (secondary N) is 1. The van der Waals surface area contributed by atoms with Crippen molar-refractivity contribution in [3.8, 4) is 15.6 Å².